The molecule has 10 rings (SSSR count). The molecule has 0 aliphatic carbocycles. The lowest BCUT2D eigenvalue weighted by Gasteiger charge is -2.14. The average molecular weight is 1690 g/mol. The number of nitrogens with zero attached hydrogens (tertiary/aromatic N) is 3. The van der Waals surface area contributed by atoms with Crippen LogP contribution in [0, 0.1) is 66.2 Å². The number of likely N-dealkylation sites (tertiary alicyclic amines) is 1. The summed E-state index contributed by atoms with van der Waals surface area (Å²) in [7, 11) is 5.17. The Kier molecular flexibility index (Phi) is 55.0. The maximum Gasteiger partial charge on any atom is 0.147 e. The SMILES string of the molecule is C.C.CC(C)c1cc(F)cc(CCCN(C)C)c1.CC(C)c1cc(F)cc(CCCN2CCCC2)c1.CC(C)c1cc(F)cc(CCS(C)(=O)=O)c1.CC(C)c1cc(F)cc(NCCN(C)C)c1.CC(C)c1ccc(F)cc1.CC(C)c1cccc(F)c1.CC(C)c1ccccc1F.Cc1cc(F)cc(C(C)C)c1.Cc1cc(F)cc(C(C)C)c1. The first kappa shape index (κ1) is 112. The van der Waals surface area contributed by atoms with Gasteiger partial charge in [0.15, 0.2) is 0 Å². The molecular formula is C104H151F9N4O2S. The molecule has 668 valence electrons. The summed E-state index contributed by atoms with van der Waals surface area (Å²) in [5.74, 6) is 2.12. The summed E-state index contributed by atoms with van der Waals surface area (Å²) in [4.78, 5) is 6.76. The zero-order valence-corrected chi connectivity index (χ0v) is 76.7. The van der Waals surface area contributed by atoms with E-state index in [1.165, 1.54) is 74.1 Å². The molecule has 1 N–H and O–H groups in total. The molecule has 120 heavy (non-hydrogen) atoms. The van der Waals surface area contributed by atoms with Gasteiger partial charge in [0.2, 0.25) is 0 Å². The van der Waals surface area contributed by atoms with Crippen LogP contribution in [0.25, 0.3) is 0 Å². The van der Waals surface area contributed by atoms with Crippen LogP contribution in [0.4, 0.5) is 45.2 Å². The van der Waals surface area contributed by atoms with Crippen molar-refractivity contribution in [3.05, 3.63) is 312 Å². The summed E-state index contributed by atoms with van der Waals surface area (Å²) < 4.78 is 139. The van der Waals surface area contributed by atoms with E-state index in [2.05, 4.69) is 143 Å². The largest absolute Gasteiger partial charge is 0.384 e. The summed E-state index contributed by atoms with van der Waals surface area (Å²) in [6.45, 7) is 47.3. The second kappa shape index (κ2) is 58.9. The highest BCUT2D eigenvalue weighted by Gasteiger charge is 2.14. The van der Waals surface area contributed by atoms with E-state index in [0.29, 0.717) is 47.8 Å². The Balaban J connectivity index is 0.00000134. The van der Waals surface area contributed by atoms with Gasteiger partial charge >= 0.3 is 0 Å². The van der Waals surface area contributed by atoms with Crippen molar-refractivity contribution in [1.29, 1.82) is 0 Å². The summed E-state index contributed by atoms with van der Waals surface area (Å²) in [5.41, 5.74) is 15.2. The van der Waals surface area contributed by atoms with Crippen molar-refractivity contribution in [2.45, 2.75) is 252 Å². The van der Waals surface area contributed by atoms with E-state index in [-0.39, 0.29) is 84.8 Å². The number of benzene rings is 9. The van der Waals surface area contributed by atoms with E-state index in [1.54, 1.807) is 78.9 Å². The van der Waals surface area contributed by atoms with Crippen LogP contribution in [0.3, 0.4) is 0 Å². The first-order chi connectivity index (χ1) is 55.2. The molecule has 1 aliphatic heterocycles. The molecule has 9 aromatic carbocycles. The first-order valence-corrected chi connectivity index (χ1v) is 44.2. The van der Waals surface area contributed by atoms with Gasteiger partial charge in [-0.2, -0.15) is 0 Å². The summed E-state index contributed by atoms with van der Waals surface area (Å²) in [5, 5.41) is 3.23. The lowest BCUT2D eigenvalue weighted by molar-refractivity contribution is 0.334. The van der Waals surface area contributed by atoms with Gasteiger partial charge in [0.05, 0.1) is 5.75 Å². The number of hydrogen-bond acceptors (Lipinski definition) is 6. The van der Waals surface area contributed by atoms with Gasteiger partial charge in [-0.25, -0.2) is 47.9 Å². The molecule has 9 aromatic rings. The molecule has 6 nitrogen and oxygen atoms in total. The van der Waals surface area contributed by atoms with Gasteiger partial charge in [-0.3, -0.25) is 0 Å². The smallest absolute Gasteiger partial charge is 0.147 e. The lowest BCUT2D eigenvalue weighted by atomic mass is 9.98. The van der Waals surface area contributed by atoms with Crippen LogP contribution in [-0.4, -0.2) is 103 Å². The maximum atomic E-state index is 13.5. The molecule has 1 heterocycles. The third-order valence-corrected chi connectivity index (χ3v) is 20.4. The minimum atomic E-state index is -2.99. The number of likely N-dealkylation sites (N-methyl/N-ethyl adjacent to an activating group) is 1. The van der Waals surface area contributed by atoms with Gasteiger partial charge < -0.3 is 20.0 Å². The normalized spacial score (nSPS) is 11.7. The highest BCUT2D eigenvalue weighted by Crippen LogP contribution is 2.26. The Hall–Kier alpha value is -8.02. The minimum Gasteiger partial charge on any atom is -0.384 e. The summed E-state index contributed by atoms with van der Waals surface area (Å²) in [6.07, 6.45) is 8.42. The van der Waals surface area contributed by atoms with Crippen molar-refractivity contribution in [3.8, 4) is 0 Å². The van der Waals surface area contributed by atoms with Crippen molar-refractivity contribution < 1.29 is 47.9 Å². The van der Waals surface area contributed by atoms with Crippen LogP contribution in [0.5, 0.6) is 0 Å². The molecule has 0 spiro atoms. The quantitative estimate of drug-likeness (QED) is 0.0609. The Bertz CT molecular complexity index is 4250. The van der Waals surface area contributed by atoms with Crippen molar-refractivity contribution >= 4 is 15.5 Å². The second-order valence-corrected chi connectivity index (χ2v) is 36.5. The first-order valence-electron chi connectivity index (χ1n) is 42.1. The van der Waals surface area contributed by atoms with E-state index in [1.807, 2.05) is 110 Å². The van der Waals surface area contributed by atoms with Crippen molar-refractivity contribution in [2.75, 3.05) is 84.8 Å². The number of aryl methyl sites for hydroxylation is 5. The van der Waals surface area contributed by atoms with Crippen molar-refractivity contribution in [1.82, 2.24) is 14.7 Å². The molecular weight excluding hydrogens is 1540 g/mol. The molecule has 0 saturated carbocycles. The van der Waals surface area contributed by atoms with E-state index in [0.717, 1.165) is 130 Å². The molecule has 0 aromatic heterocycles. The zero-order valence-electron chi connectivity index (χ0n) is 75.9. The molecule has 0 bridgehead atoms. The number of sulfone groups is 1. The van der Waals surface area contributed by atoms with Gasteiger partial charge in [0.25, 0.3) is 0 Å². The van der Waals surface area contributed by atoms with Crippen LogP contribution in [0.1, 0.15) is 296 Å². The third kappa shape index (κ3) is 49.8. The van der Waals surface area contributed by atoms with Gasteiger partial charge in [0.1, 0.15) is 62.2 Å². The van der Waals surface area contributed by atoms with Crippen molar-refractivity contribution in [3.63, 3.8) is 0 Å². The van der Waals surface area contributed by atoms with Crippen molar-refractivity contribution in [2.24, 2.45) is 0 Å². The highest BCUT2D eigenvalue weighted by molar-refractivity contribution is 7.90. The van der Waals surface area contributed by atoms with Crippen LogP contribution >= 0.6 is 0 Å². The van der Waals surface area contributed by atoms with Crippen LogP contribution in [0.15, 0.2) is 182 Å². The molecule has 0 atom stereocenters. The summed E-state index contributed by atoms with van der Waals surface area (Å²) >= 11 is 0. The highest BCUT2D eigenvalue weighted by atomic mass is 32.2. The molecule has 0 unspecified atom stereocenters. The Labute approximate surface area is 722 Å². The Morgan fingerprint density at radius 3 is 1.06 bits per heavy atom. The number of rotatable bonds is 24. The van der Waals surface area contributed by atoms with Crippen LogP contribution in [0.2, 0.25) is 0 Å². The van der Waals surface area contributed by atoms with Crippen LogP contribution < -0.4 is 5.32 Å². The van der Waals surface area contributed by atoms with Gasteiger partial charge in [-0.15, -0.1) is 0 Å². The van der Waals surface area contributed by atoms with E-state index >= 15 is 0 Å². The Morgan fingerprint density at radius 1 is 0.350 bits per heavy atom. The fourth-order valence-electron chi connectivity index (χ4n) is 12.2. The number of hydrogen-bond donors (Lipinski definition) is 1. The van der Waals surface area contributed by atoms with Gasteiger partial charge in [-0.05, 0) is 354 Å². The minimum absolute atomic E-state index is 0. The maximum absolute atomic E-state index is 13.5. The molecule has 0 amide bonds. The van der Waals surface area contributed by atoms with E-state index in [4.69, 9.17) is 0 Å². The number of nitrogens with one attached hydrogen (secondary N) is 1. The fourth-order valence-corrected chi connectivity index (χ4v) is 12.8. The average Bonchev–Trinajstić information content (AvgIpc) is 1.02. The number of anilines is 1. The third-order valence-electron chi connectivity index (χ3n) is 19.4. The topological polar surface area (TPSA) is 55.9 Å². The summed E-state index contributed by atoms with van der Waals surface area (Å²) in [6, 6.07) is 51.4. The van der Waals surface area contributed by atoms with Crippen LogP contribution in [-0.2, 0) is 29.1 Å². The fraction of sp³-hybridized carbons (Fsp3) is 0.481. The number of halogens is 9. The standard InChI is InChI=1S/C16H24FN.C14H22FN.C13H21FN2.C12H17FO2S.2C10H13F.3C9H11F.2CH4/c1-13(2)15-10-14(11-16(17)12-15)6-5-9-18-7-3-4-8-18;1-11(2)13-8-12(9-14(15)10-13)6-5-7-16(3)4;1-10(2)11-7-12(14)9-13(8-11)15-5-6-16(3)4;1-9(2)11-6-10(7-12(13)8-11)4-5-16(3,14)15;2*1-7(2)9-4-8(3)5-10(11)6-9;1-7(2)8-3-5-9(10)6-4-8;1-7(2)8-4-3-5-9(10)6-8;1-7(2)8-5-3-4-6-9(8)10;;/h10-13H,3-9H2,1-2H3;8-11H,5-7H2,1-4H3;7-10,15H,5-6H2,1-4H3;6-9H,4-5H2,1-3H3;2*4-7H,1-3H3;3*3-7H,1-2H3;2*1H4. The molecule has 0 radical (unpaired) electrons. The molecule has 1 fully saturated rings. The Morgan fingerprint density at radius 2 is 0.708 bits per heavy atom. The molecule has 16 heteroatoms. The predicted octanol–water partition coefficient (Wildman–Crippen LogP) is 29.5. The van der Waals surface area contributed by atoms with Gasteiger partial charge in [0, 0.05) is 25.0 Å². The van der Waals surface area contributed by atoms with E-state index < -0.39 is 9.84 Å². The van der Waals surface area contributed by atoms with Gasteiger partial charge in [-0.1, -0.05) is 212 Å². The zero-order chi connectivity index (χ0) is 89.1. The lowest BCUT2D eigenvalue weighted by Crippen LogP contribution is -2.20. The predicted molar refractivity (Wildman–Crippen MR) is 499 cm³/mol. The second-order valence-electron chi connectivity index (χ2n) is 34.3. The monoisotopic (exact) mass is 1690 g/mol. The molecule has 1 aliphatic rings. The van der Waals surface area contributed by atoms with E-state index in [9.17, 15) is 47.9 Å². The molecule has 1 saturated heterocycles.